The molecule has 58 heavy (non-hydrogen) atoms. The highest BCUT2D eigenvalue weighted by atomic mass is 31.2. The lowest BCUT2D eigenvalue weighted by Gasteiger charge is -2.49. The molecule has 13 N–H and O–H groups in total. The minimum Gasteiger partial charge on any atom is -0.447 e. The summed E-state index contributed by atoms with van der Waals surface area (Å²) in [4.78, 5) is 54.0. The van der Waals surface area contributed by atoms with Gasteiger partial charge in [0.05, 0.1) is 59.0 Å². The monoisotopic (exact) mass is 869 g/mol. The Kier molecular flexibility index (Phi) is 20.9. The maximum absolute atomic E-state index is 12.2. The number of aliphatic hydroxyl groups excluding tert-OH is 8. The molecule has 0 aliphatic carbocycles. The molecule has 0 radical (unpaired) electrons. The molecular weight excluding hydrogens is 813 g/mol. The molecule has 0 saturated carbocycles. The van der Waals surface area contributed by atoms with Crippen LogP contribution in [-0.2, 0) is 56.8 Å². The maximum Gasteiger partial charge on any atom is 0.407 e. The molecule has 26 nitrogen and oxygen atoms in total. The number of ether oxygens (including phenoxy) is 9. The second-order valence-corrected chi connectivity index (χ2v) is 15.1. The first-order valence-electron chi connectivity index (χ1n) is 18.2. The van der Waals surface area contributed by atoms with E-state index in [1.807, 2.05) is 0 Å². The van der Waals surface area contributed by atoms with Gasteiger partial charge in [-0.25, -0.2) is 4.79 Å². The van der Waals surface area contributed by atoms with Gasteiger partial charge < -0.3 is 109 Å². The highest BCUT2D eigenvalue weighted by molar-refractivity contribution is 7.51. The van der Waals surface area contributed by atoms with Crippen LogP contribution in [0.25, 0.3) is 0 Å². The van der Waals surface area contributed by atoms with Crippen LogP contribution in [0.1, 0.15) is 13.8 Å². The Morgan fingerprint density at radius 3 is 1.62 bits per heavy atom. The largest absolute Gasteiger partial charge is 0.447 e. The third-order valence-corrected chi connectivity index (χ3v) is 9.66. The molecule has 338 valence electrons. The summed E-state index contributed by atoms with van der Waals surface area (Å²) in [5.41, 5.74) is 0. The highest BCUT2D eigenvalue weighted by Gasteiger charge is 2.54. The Bertz CT molecular complexity index is 1320. The fraction of sp³-hybridized carbons (Fsp3) is 0.903. The molecule has 27 heteroatoms. The van der Waals surface area contributed by atoms with E-state index in [0.29, 0.717) is 0 Å². The summed E-state index contributed by atoms with van der Waals surface area (Å²) in [5.74, 6) is -1.36. The Hall–Kier alpha value is -2.28. The number of hydrogen-bond donors (Lipinski definition) is 13. The lowest BCUT2D eigenvalue weighted by Crippen LogP contribution is -2.70. The van der Waals surface area contributed by atoms with E-state index in [2.05, 4.69) is 16.0 Å². The number of alkyl carbamates (subject to hydrolysis) is 1. The van der Waals surface area contributed by atoms with Crippen molar-refractivity contribution in [2.24, 2.45) is 0 Å². The van der Waals surface area contributed by atoms with Crippen LogP contribution in [0.2, 0.25) is 0 Å². The third kappa shape index (κ3) is 15.0. The summed E-state index contributed by atoms with van der Waals surface area (Å²) >= 11 is 0. The molecule has 0 aromatic heterocycles. The van der Waals surface area contributed by atoms with E-state index in [4.69, 9.17) is 52.4 Å². The molecule has 3 heterocycles. The molecule has 3 aliphatic rings. The normalized spacial score (nSPS) is 35.6. The Morgan fingerprint density at radius 1 is 0.603 bits per heavy atom. The average Bonchev–Trinajstić information content (AvgIpc) is 3.16. The highest BCUT2D eigenvalue weighted by Crippen LogP contribution is 2.34. The van der Waals surface area contributed by atoms with Gasteiger partial charge in [-0.15, -0.1) is 0 Å². The standard InChI is InChI=1S/C31H56N3O23P/c1-14(38)33-19-22(41)26(17(12-36)54-28(19)51-4-3-32-31(45)52-8-7-49-5-6-50-9-10-58(46,47)48)56-29-20(34-15(2)39)23(42)27(18(13-37)55-29)57-30-25(44)24(43)21(40)16(11-35)53-30/h16-30,35-37,40-44H,3-13H2,1-2H3,(H,32,45)(H,33,38)(H,34,39)(H2,46,47,48)/t16?,17?,18?,19?,20?,21-,22-,23-,24+,25?,26-,27-,28-,29+,30+/m1/s1. The smallest absolute Gasteiger partial charge is 0.407 e. The molecule has 15 atom stereocenters. The van der Waals surface area contributed by atoms with Gasteiger partial charge in [0.2, 0.25) is 11.8 Å². The van der Waals surface area contributed by atoms with Gasteiger partial charge in [0.25, 0.3) is 0 Å². The van der Waals surface area contributed by atoms with Crippen molar-refractivity contribution >= 4 is 25.5 Å². The van der Waals surface area contributed by atoms with Gasteiger partial charge >= 0.3 is 13.7 Å². The van der Waals surface area contributed by atoms with E-state index < -0.39 is 143 Å². The van der Waals surface area contributed by atoms with E-state index in [1.165, 1.54) is 0 Å². The summed E-state index contributed by atoms with van der Waals surface area (Å²) in [5, 5.41) is 90.9. The zero-order chi connectivity index (χ0) is 43.2. The SMILES string of the molecule is CC(=O)NC1[C@H](O[C@@H]2C(CO)O[C@@H](OCCNC(=O)OCCOCCOCCP(=O)(O)O)C(NC(C)=O)[C@H]2O)OC(CO)[C@@H](O[C@@H]2OC(CO)[C@@H](O)[C@H](O)C2O)[C@@H]1O. The molecule has 6 unspecified atom stereocenters. The van der Waals surface area contributed by atoms with Gasteiger partial charge in [-0.1, -0.05) is 0 Å². The molecule has 0 aromatic carbocycles. The summed E-state index contributed by atoms with van der Waals surface area (Å²) in [6, 6.07) is -2.92. The van der Waals surface area contributed by atoms with Gasteiger partial charge in [0.1, 0.15) is 79.7 Å². The van der Waals surface area contributed by atoms with Crippen LogP contribution < -0.4 is 16.0 Å². The molecule has 3 aliphatic heterocycles. The molecular formula is C31H56N3O23P. The lowest BCUT2D eigenvalue weighted by atomic mass is 9.94. The Morgan fingerprint density at radius 2 is 1.09 bits per heavy atom. The van der Waals surface area contributed by atoms with Gasteiger partial charge in [-0.05, 0) is 0 Å². The van der Waals surface area contributed by atoms with E-state index in [9.17, 15) is 59.8 Å². The van der Waals surface area contributed by atoms with Crippen molar-refractivity contribution in [3.8, 4) is 0 Å². The summed E-state index contributed by atoms with van der Waals surface area (Å²) in [6.07, 6.45) is -22.7. The molecule has 3 fully saturated rings. The van der Waals surface area contributed by atoms with Crippen molar-refractivity contribution in [1.82, 2.24) is 16.0 Å². The van der Waals surface area contributed by atoms with Gasteiger partial charge in [0.15, 0.2) is 18.9 Å². The van der Waals surface area contributed by atoms with Crippen LogP contribution in [0, 0.1) is 0 Å². The first kappa shape index (κ1) is 50.1. The second kappa shape index (κ2) is 24.2. The van der Waals surface area contributed by atoms with Crippen molar-refractivity contribution in [3.05, 3.63) is 0 Å². The number of rotatable bonds is 22. The molecule has 0 aromatic rings. The summed E-state index contributed by atoms with van der Waals surface area (Å²) in [7, 11) is -4.15. The fourth-order valence-corrected chi connectivity index (χ4v) is 6.44. The third-order valence-electron chi connectivity index (χ3n) is 8.89. The average molecular weight is 870 g/mol. The van der Waals surface area contributed by atoms with Crippen LogP contribution in [0.3, 0.4) is 0 Å². The summed E-state index contributed by atoms with van der Waals surface area (Å²) in [6.45, 7) is -0.811. The lowest BCUT2D eigenvalue weighted by molar-refractivity contribution is -0.362. The first-order valence-corrected chi connectivity index (χ1v) is 20.0. The minimum absolute atomic E-state index is 0.00264. The van der Waals surface area contributed by atoms with Crippen LogP contribution in [0.4, 0.5) is 4.79 Å². The van der Waals surface area contributed by atoms with E-state index in [-0.39, 0.29) is 46.2 Å². The Balaban J connectivity index is 1.59. The Labute approximate surface area is 331 Å². The molecule has 3 rings (SSSR count). The van der Waals surface area contributed by atoms with Gasteiger partial charge in [-0.3, -0.25) is 14.2 Å². The number of hydrogen-bond acceptors (Lipinski definition) is 21. The van der Waals surface area contributed by atoms with Crippen molar-refractivity contribution < 1.29 is 112 Å². The first-order chi connectivity index (χ1) is 27.4. The topological polar surface area (TPSA) is 390 Å². The van der Waals surface area contributed by atoms with Crippen molar-refractivity contribution in [2.75, 3.05) is 72.2 Å². The predicted octanol–water partition coefficient (Wildman–Crippen LogP) is -7.32. The molecule has 3 amide bonds. The van der Waals surface area contributed by atoms with E-state index in [1.54, 1.807) is 0 Å². The second-order valence-electron chi connectivity index (χ2n) is 13.3. The minimum atomic E-state index is -4.15. The van der Waals surface area contributed by atoms with Crippen molar-refractivity contribution in [2.45, 2.75) is 106 Å². The zero-order valence-corrected chi connectivity index (χ0v) is 32.6. The molecule has 0 spiro atoms. The number of aliphatic hydroxyl groups is 8. The molecule has 0 bridgehead atoms. The number of carbonyl (C=O) groups excluding carboxylic acids is 3. The molecule has 3 saturated heterocycles. The number of nitrogens with one attached hydrogen (secondary N) is 3. The van der Waals surface area contributed by atoms with Gasteiger partial charge in [0, 0.05) is 20.4 Å². The van der Waals surface area contributed by atoms with E-state index in [0.717, 1.165) is 13.8 Å². The van der Waals surface area contributed by atoms with Crippen molar-refractivity contribution in [1.29, 1.82) is 0 Å². The van der Waals surface area contributed by atoms with E-state index >= 15 is 0 Å². The number of amides is 3. The quantitative estimate of drug-likeness (QED) is 0.0355. The fourth-order valence-electron chi connectivity index (χ4n) is 6.07. The van der Waals surface area contributed by atoms with Crippen LogP contribution >= 0.6 is 7.60 Å². The predicted molar refractivity (Wildman–Crippen MR) is 186 cm³/mol. The van der Waals surface area contributed by atoms with Gasteiger partial charge in [-0.2, -0.15) is 0 Å². The van der Waals surface area contributed by atoms with Crippen molar-refractivity contribution in [3.63, 3.8) is 0 Å². The maximum atomic E-state index is 12.2. The van der Waals surface area contributed by atoms with Crippen LogP contribution in [0.15, 0.2) is 0 Å². The van der Waals surface area contributed by atoms with Crippen LogP contribution in [0.5, 0.6) is 0 Å². The van der Waals surface area contributed by atoms with Crippen LogP contribution in [-0.4, -0.2) is 233 Å². The number of carbonyl (C=O) groups is 3. The zero-order valence-electron chi connectivity index (χ0n) is 31.7. The summed E-state index contributed by atoms with van der Waals surface area (Å²) < 4.78 is 60.3.